The zero-order valence-corrected chi connectivity index (χ0v) is 15.0. The quantitative estimate of drug-likeness (QED) is 0.415. The third kappa shape index (κ3) is 2.83. The molecule has 0 fully saturated rings. The standard InChI is InChI=1S/C22H19ClN2/c1-15(2)18-10-6-7-11-20(18)25-21-13-12-17(23)14-19(21)24-22(25)16-8-4-3-5-9-16/h3-15H,1-2H3/i15D. The number of imidazole rings is 1. The first-order valence-electron chi connectivity index (χ1n) is 8.78. The van der Waals surface area contributed by atoms with E-state index in [1.165, 1.54) is 0 Å². The predicted molar refractivity (Wildman–Crippen MR) is 106 cm³/mol. The maximum Gasteiger partial charge on any atom is 0.145 e. The van der Waals surface area contributed by atoms with Gasteiger partial charge in [-0.1, -0.05) is 74.0 Å². The largest absolute Gasteiger partial charge is 0.292 e. The summed E-state index contributed by atoms with van der Waals surface area (Å²) in [5.74, 6) is 0.118. The molecule has 0 radical (unpaired) electrons. The van der Waals surface area contributed by atoms with E-state index in [-0.39, 0.29) is 0 Å². The van der Waals surface area contributed by atoms with E-state index >= 15 is 0 Å². The molecule has 25 heavy (non-hydrogen) atoms. The molecule has 124 valence electrons. The number of nitrogens with zero attached hydrogens (tertiary/aromatic N) is 2. The molecule has 3 heteroatoms. The fraction of sp³-hybridized carbons (Fsp3) is 0.136. The number of para-hydroxylation sites is 1. The van der Waals surface area contributed by atoms with E-state index in [0.29, 0.717) is 5.02 Å². The molecule has 0 aliphatic heterocycles. The van der Waals surface area contributed by atoms with Crippen LogP contribution in [0.3, 0.4) is 0 Å². The fourth-order valence-corrected chi connectivity index (χ4v) is 3.34. The molecule has 2 nitrogen and oxygen atoms in total. The Morgan fingerprint density at radius 1 is 0.960 bits per heavy atom. The van der Waals surface area contributed by atoms with Crippen LogP contribution in [0.2, 0.25) is 5.02 Å². The Morgan fingerprint density at radius 3 is 2.44 bits per heavy atom. The third-order valence-electron chi connectivity index (χ3n) is 4.33. The summed E-state index contributed by atoms with van der Waals surface area (Å²) in [4.78, 5) is 4.86. The van der Waals surface area contributed by atoms with Crippen LogP contribution in [0.15, 0.2) is 72.8 Å². The highest BCUT2D eigenvalue weighted by atomic mass is 35.5. The molecule has 1 heterocycles. The van der Waals surface area contributed by atoms with Gasteiger partial charge in [0, 0.05) is 12.0 Å². The van der Waals surface area contributed by atoms with Crippen molar-refractivity contribution in [3.05, 3.63) is 83.4 Å². The molecule has 0 atom stereocenters. The fourth-order valence-electron chi connectivity index (χ4n) is 3.17. The van der Waals surface area contributed by atoms with Gasteiger partial charge in [0.15, 0.2) is 0 Å². The molecule has 3 aromatic carbocycles. The summed E-state index contributed by atoms with van der Waals surface area (Å²) in [6, 6.07) is 23.9. The minimum absolute atomic E-state index is 0.663. The van der Waals surface area contributed by atoms with E-state index in [0.717, 1.165) is 33.7 Å². The molecule has 0 N–H and O–H groups in total. The van der Waals surface area contributed by atoms with Crippen LogP contribution < -0.4 is 0 Å². The Bertz CT molecular complexity index is 1080. The van der Waals surface area contributed by atoms with Gasteiger partial charge in [-0.3, -0.25) is 4.57 Å². The van der Waals surface area contributed by atoms with E-state index in [9.17, 15) is 0 Å². The van der Waals surface area contributed by atoms with Crippen molar-refractivity contribution in [2.75, 3.05) is 0 Å². The van der Waals surface area contributed by atoms with E-state index < -0.39 is 5.89 Å². The van der Waals surface area contributed by atoms with Gasteiger partial charge < -0.3 is 0 Å². The molecular weight excluding hydrogens is 328 g/mol. The van der Waals surface area contributed by atoms with E-state index in [2.05, 4.69) is 4.57 Å². The van der Waals surface area contributed by atoms with Crippen LogP contribution in [0.4, 0.5) is 0 Å². The van der Waals surface area contributed by atoms with Crippen LogP contribution in [-0.4, -0.2) is 9.55 Å². The molecule has 0 unspecified atom stereocenters. The predicted octanol–water partition coefficient (Wildman–Crippen LogP) is 6.47. The van der Waals surface area contributed by atoms with Crippen molar-refractivity contribution in [2.45, 2.75) is 19.7 Å². The summed E-state index contributed by atoms with van der Waals surface area (Å²) in [5, 5.41) is 0.663. The topological polar surface area (TPSA) is 17.8 Å². The van der Waals surface area contributed by atoms with Crippen LogP contribution in [-0.2, 0) is 0 Å². The van der Waals surface area contributed by atoms with Gasteiger partial charge in [-0.25, -0.2) is 4.98 Å². The minimum Gasteiger partial charge on any atom is -0.292 e. The second-order valence-corrected chi connectivity index (χ2v) is 6.72. The monoisotopic (exact) mass is 347 g/mol. The molecule has 0 aliphatic carbocycles. The summed E-state index contributed by atoms with van der Waals surface area (Å²) in [7, 11) is 0. The molecule has 0 spiro atoms. The average Bonchev–Trinajstić information content (AvgIpc) is 3.00. The van der Waals surface area contributed by atoms with Crippen molar-refractivity contribution in [3.8, 4) is 17.1 Å². The lowest BCUT2D eigenvalue weighted by atomic mass is 10.0. The number of aromatic nitrogens is 2. The summed E-state index contributed by atoms with van der Waals surface area (Å²) < 4.78 is 10.7. The van der Waals surface area contributed by atoms with Crippen LogP contribution in [0, 0.1) is 0 Å². The van der Waals surface area contributed by atoms with Crippen molar-refractivity contribution >= 4 is 22.6 Å². The normalized spacial score (nSPS) is 12.4. The van der Waals surface area contributed by atoms with Gasteiger partial charge in [0.25, 0.3) is 0 Å². The maximum atomic E-state index is 8.58. The van der Waals surface area contributed by atoms with Gasteiger partial charge in [-0.05, 0) is 35.7 Å². The van der Waals surface area contributed by atoms with Crippen LogP contribution >= 0.6 is 11.6 Å². The summed E-state index contributed by atoms with van der Waals surface area (Å²) >= 11 is 6.20. The van der Waals surface area contributed by atoms with E-state index in [1.807, 2.05) is 86.6 Å². The summed E-state index contributed by atoms with van der Waals surface area (Å²) in [6.45, 7) is 3.81. The SMILES string of the molecule is [2H]C(C)(C)c1ccccc1-n1c(-c2ccccc2)nc2cc(Cl)ccc21. The van der Waals surface area contributed by atoms with Crippen molar-refractivity contribution in [1.82, 2.24) is 9.55 Å². The third-order valence-corrected chi connectivity index (χ3v) is 4.57. The van der Waals surface area contributed by atoms with Gasteiger partial charge in [0.2, 0.25) is 0 Å². The molecule has 0 aliphatic rings. The van der Waals surface area contributed by atoms with Crippen LogP contribution in [0.1, 0.15) is 26.7 Å². The highest BCUT2D eigenvalue weighted by Gasteiger charge is 2.17. The average molecular weight is 348 g/mol. The van der Waals surface area contributed by atoms with Crippen molar-refractivity contribution in [1.29, 1.82) is 0 Å². The molecule has 0 amide bonds. The van der Waals surface area contributed by atoms with Gasteiger partial charge in [-0.15, -0.1) is 0 Å². The molecule has 0 saturated heterocycles. The number of rotatable bonds is 3. The smallest absolute Gasteiger partial charge is 0.145 e. The Balaban J connectivity index is 2.10. The molecule has 4 rings (SSSR count). The maximum absolute atomic E-state index is 8.58. The summed E-state index contributed by atoms with van der Waals surface area (Å²) in [6.07, 6.45) is 0. The molecule has 0 bridgehead atoms. The molecule has 4 aromatic rings. The van der Waals surface area contributed by atoms with Gasteiger partial charge in [0.05, 0.1) is 16.7 Å². The number of fused-ring (bicyclic) bond motifs is 1. The van der Waals surface area contributed by atoms with Crippen molar-refractivity contribution in [3.63, 3.8) is 0 Å². The van der Waals surface area contributed by atoms with Crippen molar-refractivity contribution in [2.24, 2.45) is 0 Å². The minimum atomic E-state index is -0.729. The second kappa shape index (κ2) is 6.38. The van der Waals surface area contributed by atoms with Crippen LogP contribution in [0.25, 0.3) is 28.1 Å². The molecule has 1 aromatic heterocycles. The lowest BCUT2D eigenvalue weighted by molar-refractivity contribution is 0.851. The molecule has 0 saturated carbocycles. The second-order valence-electron chi connectivity index (χ2n) is 6.29. The lowest BCUT2D eigenvalue weighted by Gasteiger charge is -2.16. The Labute approximate surface area is 154 Å². The first kappa shape index (κ1) is 14.7. The highest BCUT2D eigenvalue weighted by molar-refractivity contribution is 6.31. The lowest BCUT2D eigenvalue weighted by Crippen LogP contribution is -2.03. The number of hydrogen-bond donors (Lipinski definition) is 0. The first-order chi connectivity index (χ1) is 12.4. The van der Waals surface area contributed by atoms with Crippen LogP contribution in [0.5, 0.6) is 0 Å². The Morgan fingerprint density at radius 2 is 1.68 bits per heavy atom. The van der Waals surface area contributed by atoms with Gasteiger partial charge in [0.1, 0.15) is 5.82 Å². The van der Waals surface area contributed by atoms with Crippen molar-refractivity contribution < 1.29 is 1.37 Å². The van der Waals surface area contributed by atoms with E-state index in [4.69, 9.17) is 18.0 Å². The zero-order chi connectivity index (χ0) is 18.3. The van der Waals surface area contributed by atoms with E-state index in [1.54, 1.807) is 0 Å². The molecular formula is C22H19ClN2. The Hall–Kier alpha value is -2.58. The number of halogens is 1. The summed E-state index contributed by atoms with van der Waals surface area (Å²) in [5.41, 5.74) is 4.76. The number of hydrogen-bond acceptors (Lipinski definition) is 1. The van der Waals surface area contributed by atoms with Gasteiger partial charge >= 0.3 is 0 Å². The highest BCUT2D eigenvalue weighted by Crippen LogP contribution is 2.33. The number of benzene rings is 3. The zero-order valence-electron chi connectivity index (χ0n) is 15.2. The Kier molecular flexibility index (Phi) is 3.76. The van der Waals surface area contributed by atoms with Gasteiger partial charge in [-0.2, -0.15) is 0 Å². The first-order valence-corrected chi connectivity index (χ1v) is 8.66.